The fourth-order valence-corrected chi connectivity index (χ4v) is 2.32. The summed E-state index contributed by atoms with van der Waals surface area (Å²) in [6.45, 7) is 2.26. The van der Waals surface area contributed by atoms with Gasteiger partial charge in [-0.2, -0.15) is 0 Å². The quantitative estimate of drug-likeness (QED) is 0.518. The maximum atomic E-state index is 11.4. The van der Waals surface area contributed by atoms with Crippen LogP contribution in [0.25, 0.3) is 0 Å². The van der Waals surface area contributed by atoms with Crippen LogP contribution in [0.2, 0.25) is 0 Å². The van der Waals surface area contributed by atoms with Crippen molar-refractivity contribution in [3.8, 4) is 0 Å². The fraction of sp³-hybridized carbons (Fsp3) is 0.700. The molecule has 2 atom stereocenters. The lowest BCUT2D eigenvalue weighted by molar-refractivity contribution is -0.117. The molecule has 0 aromatic rings. The van der Waals surface area contributed by atoms with Gasteiger partial charge < -0.3 is 0 Å². The second-order valence-corrected chi connectivity index (χ2v) is 3.79. The Bertz CT molecular complexity index is 215. The molecule has 60 valence electrons. The molecule has 0 radical (unpaired) electrons. The minimum Gasteiger partial charge on any atom is -0.295 e. The summed E-state index contributed by atoms with van der Waals surface area (Å²) in [5.74, 6) is 1.77. The van der Waals surface area contributed by atoms with Gasteiger partial charge in [0.15, 0.2) is 5.78 Å². The summed E-state index contributed by atoms with van der Waals surface area (Å²) in [6.07, 6.45) is 6.46. The zero-order valence-corrected chi connectivity index (χ0v) is 6.97. The predicted octanol–water partition coefficient (Wildman–Crippen LogP) is 2.32. The van der Waals surface area contributed by atoms with Crippen molar-refractivity contribution in [2.75, 3.05) is 0 Å². The molecule has 2 aliphatic rings. The topological polar surface area (TPSA) is 17.1 Å². The highest BCUT2D eigenvalue weighted by atomic mass is 16.1. The number of allylic oxidation sites excluding steroid dienone is 2. The second kappa shape index (κ2) is 2.47. The third-order valence-electron chi connectivity index (χ3n) is 3.04. The van der Waals surface area contributed by atoms with Gasteiger partial charge in [0.05, 0.1) is 0 Å². The number of rotatable bonds is 0. The minimum absolute atomic E-state index is 0.422. The molecular weight excluding hydrogens is 136 g/mol. The summed E-state index contributed by atoms with van der Waals surface area (Å²) in [4.78, 5) is 11.4. The van der Waals surface area contributed by atoms with E-state index in [4.69, 9.17) is 0 Å². The van der Waals surface area contributed by atoms with Crippen molar-refractivity contribution < 1.29 is 4.79 Å². The molecule has 11 heavy (non-hydrogen) atoms. The molecule has 0 N–H and O–H groups in total. The number of carbonyl (C=O) groups is 1. The lowest BCUT2D eigenvalue weighted by Crippen LogP contribution is -2.19. The zero-order chi connectivity index (χ0) is 7.84. The van der Waals surface area contributed by atoms with Crippen molar-refractivity contribution in [2.45, 2.75) is 32.6 Å². The van der Waals surface area contributed by atoms with E-state index >= 15 is 0 Å². The summed E-state index contributed by atoms with van der Waals surface area (Å²) in [5.41, 5.74) is 1.16. The average molecular weight is 150 g/mol. The van der Waals surface area contributed by atoms with Gasteiger partial charge >= 0.3 is 0 Å². The Kier molecular flexibility index (Phi) is 1.59. The molecule has 0 bridgehead atoms. The van der Waals surface area contributed by atoms with E-state index in [0.29, 0.717) is 11.7 Å². The van der Waals surface area contributed by atoms with Gasteiger partial charge in [-0.3, -0.25) is 4.79 Å². The molecule has 0 unspecified atom stereocenters. The maximum Gasteiger partial charge on any atom is 0.158 e. The summed E-state index contributed by atoms with van der Waals surface area (Å²) >= 11 is 0. The van der Waals surface area contributed by atoms with Crippen LogP contribution in [0, 0.1) is 11.8 Å². The van der Waals surface area contributed by atoms with Crippen molar-refractivity contribution in [2.24, 2.45) is 11.8 Å². The molecule has 2 aliphatic carbocycles. The number of hydrogen-bond acceptors (Lipinski definition) is 1. The van der Waals surface area contributed by atoms with Crippen LogP contribution in [0.1, 0.15) is 32.6 Å². The zero-order valence-electron chi connectivity index (χ0n) is 6.97. The van der Waals surface area contributed by atoms with Crippen LogP contribution in [-0.2, 0) is 4.79 Å². The average Bonchev–Trinajstić information content (AvgIpc) is 2.35. The van der Waals surface area contributed by atoms with Crippen LogP contribution in [0.5, 0.6) is 0 Å². The summed E-state index contributed by atoms with van der Waals surface area (Å²) in [7, 11) is 0. The van der Waals surface area contributed by atoms with Crippen LogP contribution < -0.4 is 0 Å². The molecule has 0 saturated heterocycles. The van der Waals surface area contributed by atoms with E-state index in [1.807, 2.05) is 0 Å². The van der Waals surface area contributed by atoms with Gasteiger partial charge in [0, 0.05) is 6.42 Å². The van der Waals surface area contributed by atoms with Gasteiger partial charge in [0.25, 0.3) is 0 Å². The Morgan fingerprint density at radius 1 is 1.55 bits per heavy atom. The van der Waals surface area contributed by atoms with Crippen molar-refractivity contribution in [3.63, 3.8) is 0 Å². The van der Waals surface area contributed by atoms with Crippen LogP contribution >= 0.6 is 0 Å². The standard InChI is InChI=1S/C10H14O/c1-7-5-6-9-8(7)3-2-4-10(9)11/h6-8H,2-5H2,1H3/t7-,8-/m1/s1. The van der Waals surface area contributed by atoms with Crippen LogP contribution in [0.3, 0.4) is 0 Å². The smallest absolute Gasteiger partial charge is 0.158 e. The van der Waals surface area contributed by atoms with E-state index in [1.165, 1.54) is 6.42 Å². The third kappa shape index (κ3) is 1.03. The Labute approximate surface area is 67.5 Å². The Balaban J connectivity index is 2.22. The van der Waals surface area contributed by atoms with E-state index in [9.17, 15) is 4.79 Å². The first-order valence-corrected chi connectivity index (χ1v) is 4.52. The van der Waals surface area contributed by atoms with E-state index < -0.39 is 0 Å². The summed E-state index contributed by atoms with van der Waals surface area (Å²) in [5, 5.41) is 0. The minimum atomic E-state index is 0.422. The first-order chi connectivity index (χ1) is 5.29. The normalized spacial score (nSPS) is 36.8. The molecule has 1 heteroatoms. The Morgan fingerprint density at radius 2 is 2.36 bits per heavy atom. The molecule has 0 amide bonds. The lowest BCUT2D eigenvalue weighted by Gasteiger charge is -2.23. The Morgan fingerprint density at radius 3 is 3.09 bits per heavy atom. The molecule has 1 saturated carbocycles. The second-order valence-electron chi connectivity index (χ2n) is 3.79. The molecule has 1 fully saturated rings. The largest absolute Gasteiger partial charge is 0.295 e. The van der Waals surface area contributed by atoms with Crippen LogP contribution in [0.4, 0.5) is 0 Å². The summed E-state index contributed by atoms with van der Waals surface area (Å²) in [6, 6.07) is 0. The highest BCUT2D eigenvalue weighted by Crippen LogP contribution is 2.39. The van der Waals surface area contributed by atoms with Gasteiger partial charge in [0.1, 0.15) is 0 Å². The number of ketones is 1. The van der Waals surface area contributed by atoms with Crippen molar-refractivity contribution in [1.29, 1.82) is 0 Å². The lowest BCUT2D eigenvalue weighted by atomic mass is 9.81. The predicted molar refractivity (Wildman–Crippen MR) is 44.2 cm³/mol. The van der Waals surface area contributed by atoms with Crippen LogP contribution in [0.15, 0.2) is 11.6 Å². The molecule has 0 aliphatic heterocycles. The van der Waals surface area contributed by atoms with Gasteiger partial charge in [-0.1, -0.05) is 13.0 Å². The van der Waals surface area contributed by atoms with Crippen molar-refractivity contribution >= 4 is 5.78 Å². The van der Waals surface area contributed by atoms with Crippen molar-refractivity contribution in [1.82, 2.24) is 0 Å². The van der Waals surface area contributed by atoms with Gasteiger partial charge in [0.2, 0.25) is 0 Å². The highest BCUT2D eigenvalue weighted by molar-refractivity contribution is 5.97. The number of Topliss-reactive ketones (excluding diaryl/α,β-unsaturated/α-hetero) is 1. The molecule has 1 nitrogen and oxygen atoms in total. The van der Waals surface area contributed by atoms with Gasteiger partial charge in [-0.15, -0.1) is 0 Å². The molecule has 0 aromatic heterocycles. The Hall–Kier alpha value is -0.590. The molecule has 2 rings (SSSR count). The van der Waals surface area contributed by atoms with E-state index in [1.54, 1.807) is 0 Å². The van der Waals surface area contributed by atoms with Gasteiger partial charge in [-0.25, -0.2) is 0 Å². The first kappa shape index (κ1) is 7.08. The van der Waals surface area contributed by atoms with E-state index in [-0.39, 0.29) is 0 Å². The SMILES string of the molecule is C[C@@H]1CC=C2C(=O)CCC[C@@H]21. The molecule has 0 aromatic carbocycles. The fourth-order valence-electron chi connectivity index (χ4n) is 2.32. The first-order valence-electron chi connectivity index (χ1n) is 4.52. The number of carbonyl (C=O) groups excluding carboxylic acids is 1. The molecule has 0 heterocycles. The van der Waals surface area contributed by atoms with Crippen molar-refractivity contribution in [3.05, 3.63) is 11.6 Å². The molecule has 0 spiro atoms. The number of hydrogen-bond donors (Lipinski definition) is 0. The number of fused-ring (bicyclic) bond motifs is 1. The highest BCUT2D eigenvalue weighted by Gasteiger charge is 2.32. The summed E-state index contributed by atoms with van der Waals surface area (Å²) < 4.78 is 0. The van der Waals surface area contributed by atoms with Gasteiger partial charge in [-0.05, 0) is 36.7 Å². The van der Waals surface area contributed by atoms with E-state index in [2.05, 4.69) is 13.0 Å². The monoisotopic (exact) mass is 150 g/mol. The van der Waals surface area contributed by atoms with Crippen LogP contribution in [-0.4, -0.2) is 5.78 Å². The maximum absolute atomic E-state index is 11.4. The third-order valence-corrected chi connectivity index (χ3v) is 3.04. The molecular formula is C10H14O. The van der Waals surface area contributed by atoms with E-state index in [0.717, 1.165) is 30.8 Å².